The highest BCUT2D eigenvalue weighted by Crippen LogP contribution is 2.34. The van der Waals surface area contributed by atoms with E-state index in [1.54, 1.807) is 24.7 Å². The zero-order valence-electron chi connectivity index (χ0n) is 25.5. The van der Waals surface area contributed by atoms with Crippen LogP contribution in [0.5, 0.6) is 0 Å². The van der Waals surface area contributed by atoms with Crippen LogP contribution in [0.1, 0.15) is 39.3 Å². The summed E-state index contributed by atoms with van der Waals surface area (Å²) in [5, 5.41) is 7.32. The van der Waals surface area contributed by atoms with E-state index in [1.807, 2.05) is 69.3 Å². The van der Waals surface area contributed by atoms with Gasteiger partial charge in [0.1, 0.15) is 17.5 Å². The van der Waals surface area contributed by atoms with Crippen LogP contribution in [0.2, 0.25) is 0 Å². The molecule has 1 fully saturated rings. The molecule has 10 nitrogen and oxygen atoms in total. The molecule has 0 aliphatic carbocycles. The molecule has 45 heavy (non-hydrogen) atoms. The Kier molecular flexibility index (Phi) is 8.37. The average Bonchev–Trinajstić information content (AvgIpc) is 3.54. The van der Waals surface area contributed by atoms with Crippen molar-refractivity contribution in [1.29, 1.82) is 0 Å². The monoisotopic (exact) mass is 601 g/mol. The zero-order chi connectivity index (χ0) is 31.4. The van der Waals surface area contributed by atoms with E-state index in [1.165, 1.54) is 4.90 Å². The lowest BCUT2D eigenvalue weighted by Crippen LogP contribution is -2.45. The molecule has 2 N–H and O–H groups in total. The molecule has 2 amide bonds. The van der Waals surface area contributed by atoms with E-state index >= 15 is 0 Å². The molecule has 4 heterocycles. The Hall–Kier alpha value is -5.38. The molecule has 0 unspecified atom stereocenters. The summed E-state index contributed by atoms with van der Waals surface area (Å²) in [6.45, 7) is 6.37. The normalized spacial score (nSPS) is 14.7. The average molecular weight is 602 g/mol. The Bertz CT molecular complexity index is 1820. The van der Waals surface area contributed by atoms with Crippen molar-refractivity contribution >= 4 is 34.4 Å². The van der Waals surface area contributed by atoms with E-state index in [0.717, 1.165) is 34.1 Å². The molecule has 1 saturated heterocycles. The second-order valence-corrected chi connectivity index (χ2v) is 11.9. The Labute approximate surface area is 261 Å². The van der Waals surface area contributed by atoms with Crippen molar-refractivity contribution < 1.29 is 14.3 Å². The van der Waals surface area contributed by atoms with Gasteiger partial charge in [-0.2, -0.15) is 0 Å². The van der Waals surface area contributed by atoms with Crippen LogP contribution >= 0.6 is 0 Å². The van der Waals surface area contributed by atoms with Gasteiger partial charge in [0.2, 0.25) is 5.91 Å². The predicted molar refractivity (Wildman–Crippen MR) is 174 cm³/mol. The quantitative estimate of drug-likeness (QED) is 0.211. The number of hydrogen-bond acceptors (Lipinski definition) is 8. The largest absolute Gasteiger partial charge is 0.444 e. The Morgan fingerprint density at radius 3 is 2.56 bits per heavy atom. The minimum Gasteiger partial charge on any atom is -0.444 e. The van der Waals surface area contributed by atoms with Crippen LogP contribution in [0.25, 0.3) is 33.4 Å². The lowest BCUT2D eigenvalue weighted by atomic mass is 10.0. The molecule has 1 aliphatic rings. The Morgan fingerprint density at radius 2 is 1.78 bits per heavy atom. The molecule has 2 aromatic carbocycles. The molecule has 0 spiro atoms. The second-order valence-electron chi connectivity index (χ2n) is 11.9. The summed E-state index contributed by atoms with van der Waals surface area (Å²) in [4.78, 5) is 46.3. The predicted octanol–water partition coefficient (Wildman–Crippen LogP) is 6.70. The number of aromatic nitrogens is 4. The van der Waals surface area contributed by atoms with Crippen LogP contribution in [0.3, 0.4) is 0 Å². The number of nitrogens with zero attached hydrogens (tertiary/aromatic N) is 5. The van der Waals surface area contributed by atoms with E-state index in [9.17, 15) is 9.59 Å². The van der Waals surface area contributed by atoms with Crippen LogP contribution in [0.15, 0.2) is 91.4 Å². The van der Waals surface area contributed by atoms with Crippen molar-refractivity contribution in [2.24, 2.45) is 0 Å². The molecule has 0 radical (unpaired) electrons. The molecular formula is C35H35N7O3. The number of anilines is 2. The maximum absolute atomic E-state index is 13.3. The van der Waals surface area contributed by atoms with Crippen LogP contribution in [0, 0.1) is 0 Å². The van der Waals surface area contributed by atoms with Crippen molar-refractivity contribution in [3.63, 3.8) is 0 Å². The van der Waals surface area contributed by atoms with Gasteiger partial charge in [0.15, 0.2) is 5.82 Å². The standard InChI is InChI=1S/C35H35N7O3/c1-35(2,3)45-34(44)42-18-10-16-29(42)33(43)39-26-19-24(20-36-21-26)31-40-28-15-9-14-27(23-11-5-4-6-12-23)30(28)32(41-31)38-22-25-13-7-8-17-37-25/h4-9,11-15,17,19-21,29H,10,16,18,22H2,1-3H3,(H,39,43)(H,38,40,41)/t29-/m0/s1. The Balaban J connectivity index is 1.31. The van der Waals surface area contributed by atoms with Gasteiger partial charge in [-0.25, -0.2) is 14.8 Å². The van der Waals surface area contributed by atoms with Gasteiger partial charge in [0, 0.05) is 24.5 Å². The summed E-state index contributed by atoms with van der Waals surface area (Å²) in [5.41, 5.74) is 4.17. The van der Waals surface area contributed by atoms with E-state index in [-0.39, 0.29) is 5.91 Å². The van der Waals surface area contributed by atoms with Crippen LogP contribution in [-0.4, -0.2) is 55.0 Å². The number of hydrogen-bond donors (Lipinski definition) is 2. The number of carbonyl (C=O) groups is 2. The van der Waals surface area contributed by atoms with Crippen LogP contribution in [0.4, 0.5) is 16.3 Å². The molecule has 5 aromatic rings. The number of nitrogens with one attached hydrogen (secondary N) is 2. The molecule has 1 atom stereocenters. The summed E-state index contributed by atoms with van der Waals surface area (Å²) in [6.07, 6.45) is 5.80. The number of likely N-dealkylation sites (tertiary alicyclic amines) is 1. The SMILES string of the molecule is CC(C)(C)OC(=O)N1CCC[C@H]1C(=O)Nc1cncc(-c2nc(NCc3ccccn3)c3c(-c4ccccc4)cccc3n2)c1. The van der Waals surface area contributed by atoms with E-state index < -0.39 is 17.7 Å². The fraction of sp³-hybridized carbons (Fsp3) is 0.257. The minimum absolute atomic E-state index is 0.290. The van der Waals surface area contributed by atoms with Crippen molar-refractivity contribution in [2.75, 3.05) is 17.2 Å². The first-order valence-electron chi connectivity index (χ1n) is 15.0. The summed E-state index contributed by atoms with van der Waals surface area (Å²) in [5.74, 6) is 0.826. The zero-order valence-corrected chi connectivity index (χ0v) is 25.5. The first-order chi connectivity index (χ1) is 21.7. The maximum Gasteiger partial charge on any atom is 0.410 e. The molecule has 1 aliphatic heterocycles. The summed E-state index contributed by atoms with van der Waals surface area (Å²) < 4.78 is 5.53. The number of rotatable bonds is 7. The second kappa shape index (κ2) is 12.7. The number of amides is 2. The number of ether oxygens (including phenoxy) is 1. The lowest BCUT2D eigenvalue weighted by Gasteiger charge is -2.28. The lowest BCUT2D eigenvalue weighted by molar-refractivity contribution is -0.120. The number of fused-ring (bicyclic) bond motifs is 1. The van der Waals surface area contributed by atoms with Gasteiger partial charge < -0.3 is 15.4 Å². The maximum atomic E-state index is 13.3. The highest BCUT2D eigenvalue weighted by Gasteiger charge is 2.36. The van der Waals surface area contributed by atoms with E-state index in [0.29, 0.717) is 42.4 Å². The van der Waals surface area contributed by atoms with Crippen molar-refractivity contribution in [3.05, 3.63) is 97.1 Å². The van der Waals surface area contributed by atoms with E-state index in [4.69, 9.17) is 14.7 Å². The third kappa shape index (κ3) is 6.90. The topological polar surface area (TPSA) is 122 Å². The number of pyridine rings is 2. The molecule has 10 heteroatoms. The molecule has 228 valence electrons. The molecule has 0 bridgehead atoms. The molecule has 6 rings (SSSR count). The highest BCUT2D eigenvalue weighted by molar-refractivity contribution is 6.02. The van der Waals surface area contributed by atoms with Crippen molar-refractivity contribution in [3.8, 4) is 22.5 Å². The van der Waals surface area contributed by atoms with Gasteiger partial charge in [0.05, 0.1) is 35.0 Å². The first kappa shape index (κ1) is 29.7. The van der Waals surface area contributed by atoms with Crippen molar-refractivity contribution in [2.45, 2.75) is 51.8 Å². The van der Waals surface area contributed by atoms with Gasteiger partial charge in [-0.15, -0.1) is 0 Å². The summed E-state index contributed by atoms with van der Waals surface area (Å²) in [7, 11) is 0. The fourth-order valence-corrected chi connectivity index (χ4v) is 5.41. The minimum atomic E-state index is -0.647. The molecule has 0 saturated carbocycles. The first-order valence-corrected chi connectivity index (χ1v) is 15.0. The molecular weight excluding hydrogens is 566 g/mol. The number of carbonyl (C=O) groups excluding carboxylic acids is 2. The van der Waals surface area contributed by atoms with Gasteiger partial charge in [-0.05, 0) is 69.0 Å². The third-order valence-corrected chi connectivity index (χ3v) is 7.42. The highest BCUT2D eigenvalue weighted by atomic mass is 16.6. The fourth-order valence-electron chi connectivity index (χ4n) is 5.41. The van der Waals surface area contributed by atoms with E-state index in [2.05, 4.69) is 38.8 Å². The van der Waals surface area contributed by atoms with Crippen molar-refractivity contribution in [1.82, 2.24) is 24.8 Å². The Morgan fingerprint density at radius 1 is 0.956 bits per heavy atom. The smallest absolute Gasteiger partial charge is 0.410 e. The van der Waals surface area contributed by atoms with Gasteiger partial charge in [-0.3, -0.25) is 19.7 Å². The number of benzene rings is 2. The summed E-state index contributed by atoms with van der Waals surface area (Å²) >= 11 is 0. The van der Waals surface area contributed by atoms with Gasteiger partial charge >= 0.3 is 6.09 Å². The van der Waals surface area contributed by atoms with Crippen LogP contribution in [-0.2, 0) is 16.1 Å². The van der Waals surface area contributed by atoms with Crippen LogP contribution < -0.4 is 10.6 Å². The van der Waals surface area contributed by atoms with Gasteiger partial charge in [-0.1, -0.05) is 48.5 Å². The van der Waals surface area contributed by atoms with Gasteiger partial charge in [0.25, 0.3) is 0 Å². The summed E-state index contributed by atoms with van der Waals surface area (Å²) in [6, 6.07) is 23.1. The third-order valence-electron chi connectivity index (χ3n) is 7.42. The molecule has 3 aromatic heterocycles.